The Hall–Kier alpha value is -0.290. The van der Waals surface area contributed by atoms with Crippen LogP contribution in [0.25, 0.3) is 0 Å². The normalized spacial score (nSPS) is 30.2. The van der Waals surface area contributed by atoms with Gasteiger partial charge in [-0.05, 0) is 0 Å². The molecule has 1 atom stereocenters. The van der Waals surface area contributed by atoms with Crippen LogP contribution in [0.15, 0.2) is 0 Å². The Kier molecular flexibility index (Phi) is 2.35. The number of nitrogens with zero attached hydrogens (tertiary/aromatic N) is 1. The fourth-order valence-corrected chi connectivity index (χ4v) is 1.23. The maximum Gasteiger partial charge on any atom is 0.420 e. The summed E-state index contributed by atoms with van der Waals surface area (Å²) in [5.41, 5.74) is 0. The zero-order valence-corrected chi connectivity index (χ0v) is 7.19. The number of likely N-dealkylation sites (N-methyl/N-ethyl adjacent to an activating group) is 1. The fourth-order valence-electron chi connectivity index (χ4n) is 1.23. The third-order valence-corrected chi connectivity index (χ3v) is 2.04. The summed E-state index contributed by atoms with van der Waals surface area (Å²) in [6.07, 6.45) is -5.79. The number of rotatable bonds is 0. The maximum atomic E-state index is 12.1. The van der Waals surface area contributed by atoms with Gasteiger partial charge in [-0.15, -0.1) is 0 Å². The first-order chi connectivity index (χ1) is 5.31. The van der Waals surface area contributed by atoms with Crippen molar-refractivity contribution in [2.45, 2.75) is 12.3 Å². The predicted molar refractivity (Wildman–Crippen MR) is 37.6 cm³/mol. The summed E-state index contributed by atoms with van der Waals surface area (Å²) < 4.78 is 41.5. The largest absolute Gasteiger partial charge is 0.420 e. The Morgan fingerprint density at radius 3 is 2.25 bits per heavy atom. The van der Waals surface area contributed by atoms with Crippen molar-refractivity contribution in [2.75, 3.05) is 33.8 Å². The van der Waals surface area contributed by atoms with Crippen molar-refractivity contribution < 1.29 is 22.4 Å². The molecule has 5 heteroatoms. The number of hydrogen-bond acceptors (Lipinski definition) is 1. The molecule has 12 heavy (non-hydrogen) atoms. The van der Waals surface area contributed by atoms with Crippen molar-refractivity contribution in [3.8, 4) is 0 Å². The van der Waals surface area contributed by atoms with E-state index in [1.807, 2.05) is 0 Å². The van der Waals surface area contributed by atoms with Gasteiger partial charge in [-0.2, -0.15) is 13.2 Å². The van der Waals surface area contributed by atoms with Crippen LogP contribution in [-0.4, -0.2) is 50.6 Å². The first-order valence-corrected chi connectivity index (χ1v) is 3.82. The van der Waals surface area contributed by atoms with E-state index in [-0.39, 0.29) is 13.2 Å². The second kappa shape index (κ2) is 2.88. The molecule has 1 saturated heterocycles. The highest BCUT2D eigenvalue weighted by Gasteiger charge is 2.46. The summed E-state index contributed by atoms with van der Waals surface area (Å²) in [7, 11) is 3.56. The van der Waals surface area contributed by atoms with Gasteiger partial charge >= 0.3 is 6.18 Å². The molecular formula is C7H13F3NO+. The van der Waals surface area contributed by atoms with Crippen molar-refractivity contribution in [2.24, 2.45) is 0 Å². The highest BCUT2D eigenvalue weighted by Crippen LogP contribution is 2.26. The molecule has 72 valence electrons. The van der Waals surface area contributed by atoms with E-state index < -0.39 is 12.3 Å². The standard InChI is InChI=1S/C7H13F3NO/c1-11(2)3-4-12-6(5-11)7(8,9)10/h6H,3-5H2,1-2H3/q+1. The molecular weight excluding hydrogens is 171 g/mol. The lowest BCUT2D eigenvalue weighted by molar-refractivity contribution is -0.903. The summed E-state index contributed by atoms with van der Waals surface area (Å²) in [5, 5.41) is 0. The summed E-state index contributed by atoms with van der Waals surface area (Å²) in [6, 6.07) is 0. The molecule has 0 spiro atoms. The van der Waals surface area contributed by atoms with Crippen molar-refractivity contribution in [1.82, 2.24) is 0 Å². The molecule has 1 aliphatic heterocycles. The lowest BCUT2D eigenvalue weighted by Gasteiger charge is -2.38. The zero-order chi connectivity index (χ0) is 9.41. The minimum atomic E-state index is -4.21. The number of hydrogen-bond donors (Lipinski definition) is 0. The molecule has 0 aromatic rings. The second-order valence-corrected chi connectivity index (χ2v) is 3.74. The number of morpholine rings is 1. The first kappa shape index (κ1) is 9.80. The Balaban J connectivity index is 2.58. The number of ether oxygens (including phenoxy) is 1. The van der Waals surface area contributed by atoms with Crippen LogP contribution in [-0.2, 0) is 4.74 Å². The molecule has 0 aromatic heterocycles. The first-order valence-electron chi connectivity index (χ1n) is 3.82. The molecule has 1 rings (SSSR count). The van der Waals surface area contributed by atoms with E-state index in [1.54, 1.807) is 14.1 Å². The van der Waals surface area contributed by atoms with Gasteiger partial charge in [-0.1, -0.05) is 0 Å². The van der Waals surface area contributed by atoms with Gasteiger partial charge in [0, 0.05) is 0 Å². The molecule has 0 bridgehead atoms. The zero-order valence-electron chi connectivity index (χ0n) is 7.19. The van der Waals surface area contributed by atoms with Crippen molar-refractivity contribution >= 4 is 0 Å². The monoisotopic (exact) mass is 184 g/mol. The molecule has 1 aliphatic rings. The maximum absolute atomic E-state index is 12.1. The summed E-state index contributed by atoms with van der Waals surface area (Å²) in [4.78, 5) is 0. The van der Waals surface area contributed by atoms with E-state index in [0.717, 1.165) is 0 Å². The van der Waals surface area contributed by atoms with Crippen molar-refractivity contribution in [3.63, 3.8) is 0 Å². The fraction of sp³-hybridized carbons (Fsp3) is 1.00. The Morgan fingerprint density at radius 2 is 1.92 bits per heavy atom. The van der Waals surface area contributed by atoms with Crippen LogP contribution in [0.3, 0.4) is 0 Å². The van der Waals surface area contributed by atoms with Crippen LogP contribution in [0.1, 0.15) is 0 Å². The van der Waals surface area contributed by atoms with E-state index in [2.05, 4.69) is 4.74 Å². The minimum Gasteiger partial charge on any atom is -0.358 e. The molecule has 1 fully saturated rings. The van der Waals surface area contributed by atoms with Crippen LogP contribution >= 0.6 is 0 Å². The van der Waals surface area contributed by atoms with Gasteiger partial charge in [0.25, 0.3) is 0 Å². The molecule has 1 unspecified atom stereocenters. The molecule has 0 amide bonds. The average molecular weight is 184 g/mol. The third-order valence-electron chi connectivity index (χ3n) is 2.04. The van der Waals surface area contributed by atoms with Crippen LogP contribution in [0.4, 0.5) is 13.2 Å². The van der Waals surface area contributed by atoms with Gasteiger partial charge < -0.3 is 9.22 Å². The van der Waals surface area contributed by atoms with Crippen LogP contribution < -0.4 is 0 Å². The van der Waals surface area contributed by atoms with Crippen molar-refractivity contribution in [3.05, 3.63) is 0 Å². The predicted octanol–water partition coefficient (Wildman–Crippen LogP) is 1.02. The highest BCUT2D eigenvalue weighted by atomic mass is 19.4. The smallest absolute Gasteiger partial charge is 0.358 e. The summed E-state index contributed by atoms with van der Waals surface area (Å²) >= 11 is 0. The summed E-state index contributed by atoms with van der Waals surface area (Å²) in [6.45, 7) is 0.854. The van der Waals surface area contributed by atoms with Gasteiger partial charge in [-0.3, -0.25) is 0 Å². The lowest BCUT2D eigenvalue weighted by Crippen LogP contribution is -2.56. The van der Waals surface area contributed by atoms with E-state index >= 15 is 0 Å². The molecule has 0 aromatic carbocycles. The van der Waals surface area contributed by atoms with Gasteiger partial charge in [0.1, 0.15) is 13.1 Å². The van der Waals surface area contributed by atoms with E-state index in [1.165, 1.54) is 0 Å². The molecule has 0 N–H and O–H groups in total. The Morgan fingerprint density at radius 1 is 1.33 bits per heavy atom. The molecule has 0 saturated carbocycles. The number of quaternary nitrogens is 1. The molecule has 0 aliphatic carbocycles. The van der Waals surface area contributed by atoms with Crippen molar-refractivity contribution in [1.29, 1.82) is 0 Å². The van der Waals surface area contributed by atoms with Gasteiger partial charge in [0.15, 0.2) is 0 Å². The average Bonchev–Trinajstić information content (AvgIpc) is 1.83. The minimum absolute atomic E-state index is 0.0174. The van der Waals surface area contributed by atoms with E-state index in [0.29, 0.717) is 11.0 Å². The third kappa shape index (κ3) is 2.35. The van der Waals surface area contributed by atoms with Crippen LogP contribution in [0.2, 0.25) is 0 Å². The topological polar surface area (TPSA) is 9.23 Å². The van der Waals surface area contributed by atoms with Gasteiger partial charge in [0.05, 0.1) is 20.7 Å². The second-order valence-electron chi connectivity index (χ2n) is 3.74. The highest BCUT2D eigenvalue weighted by molar-refractivity contribution is 4.69. The van der Waals surface area contributed by atoms with Crippen LogP contribution in [0.5, 0.6) is 0 Å². The lowest BCUT2D eigenvalue weighted by atomic mass is 10.2. The SMILES string of the molecule is C[N+]1(C)CCOC(C(F)(F)F)C1. The molecule has 2 nitrogen and oxygen atoms in total. The van der Waals surface area contributed by atoms with Gasteiger partial charge in [-0.25, -0.2) is 0 Å². The summed E-state index contributed by atoms with van der Waals surface area (Å²) in [5.74, 6) is 0. The molecule has 0 radical (unpaired) electrons. The quantitative estimate of drug-likeness (QED) is 0.511. The number of halogens is 3. The molecule has 1 heterocycles. The Labute approximate surface area is 69.5 Å². The number of alkyl halides is 3. The van der Waals surface area contributed by atoms with Crippen LogP contribution in [0, 0.1) is 0 Å². The van der Waals surface area contributed by atoms with E-state index in [9.17, 15) is 13.2 Å². The van der Waals surface area contributed by atoms with E-state index in [4.69, 9.17) is 0 Å². The Bertz CT molecular complexity index is 163. The van der Waals surface area contributed by atoms with Gasteiger partial charge in [0.2, 0.25) is 6.10 Å².